The standard InChI is InChI=1S/C5H8O2.C4H6O2.C4H8O.C4H8.C3H6O.C3H6/c1-4(2)5(6)7-3;1-3-4(5)6-2;1-3-4-5-2;1-4-2-3-4;1-3-4-2;1-3-2/h1H2,2-3H3;3H,1H2,2H3;3H,1,4H2,2H3;4H,2-3H2,1H3;3H,1H2,2H3;3H,1H2,2H3. The second-order valence-electron chi connectivity index (χ2n) is 5.24. The molecule has 1 aliphatic carbocycles. The molecule has 170 valence electrons. The summed E-state index contributed by atoms with van der Waals surface area (Å²) < 4.78 is 17.3. The zero-order chi connectivity index (χ0) is 24.1. The number of hydrogen-bond acceptors (Lipinski definition) is 6. The predicted octanol–water partition coefficient (Wildman–Crippen LogP) is 5.28. The third kappa shape index (κ3) is 77.5. The number of hydrogen-bond donors (Lipinski definition) is 0. The molecule has 1 rings (SSSR count). The van der Waals surface area contributed by atoms with Gasteiger partial charge in [0.15, 0.2) is 0 Å². The van der Waals surface area contributed by atoms with Crippen LogP contribution in [-0.2, 0) is 28.5 Å². The lowest BCUT2D eigenvalue weighted by Gasteiger charge is -1.91. The second-order valence-corrected chi connectivity index (χ2v) is 5.24. The van der Waals surface area contributed by atoms with Gasteiger partial charge in [0.2, 0.25) is 0 Å². The second kappa shape index (κ2) is 36.3. The van der Waals surface area contributed by atoms with Gasteiger partial charge >= 0.3 is 11.9 Å². The van der Waals surface area contributed by atoms with Gasteiger partial charge in [-0.1, -0.05) is 51.7 Å². The van der Waals surface area contributed by atoms with E-state index in [-0.39, 0.29) is 5.97 Å². The molecular formula is C23H42O6. The normalized spacial score (nSPS) is 9.34. The smallest absolute Gasteiger partial charge is 0.332 e. The lowest BCUT2D eigenvalue weighted by molar-refractivity contribution is -0.136. The molecule has 1 fully saturated rings. The molecule has 0 atom stereocenters. The van der Waals surface area contributed by atoms with Crippen molar-refractivity contribution in [1.82, 2.24) is 0 Å². The summed E-state index contributed by atoms with van der Waals surface area (Å²) in [7, 11) is 5.84. The minimum Gasteiger partial charge on any atom is -0.505 e. The Bertz CT molecular complexity index is 423. The van der Waals surface area contributed by atoms with Crippen LogP contribution in [0.25, 0.3) is 0 Å². The van der Waals surface area contributed by atoms with Gasteiger partial charge in [0.25, 0.3) is 0 Å². The lowest BCUT2D eigenvalue weighted by atomic mass is 10.4. The highest BCUT2D eigenvalue weighted by atomic mass is 16.5. The van der Waals surface area contributed by atoms with Crippen LogP contribution in [-0.4, -0.2) is 47.0 Å². The van der Waals surface area contributed by atoms with Gasteiger partial charge in [-0.2, -0.15) is 0 Å². The van der Waals surface area contributed by atoms with Gasteiger partial charge in [-0.3, -0.25) is 0 Å². The molecule has 0 radical (unpaired) electrons. The molecular weight excluding hydrogens is 372 g/mol. The summed E-state index contributed by atoms with van der Waals surface area (Å²) in [6.45, 7) is 23.0. The fourth-order valence-electron chi connectivity index (χ4n) is 0.542. The summed E-state index contributed by atoms with van der Waals surface area (Å²) in [5.41, 5.74) is 0.433. The maximum Gasteiger partial charge on any atom is 0.332 e. The van der Waals surface area contributed by atoms with Crippen molar-refractivity contribution in [3.8, 4) is 0 Å². The quantitative estimate of drug-likeness (QED) is 0.264. The van der Waals surface area contributed by atoms with Crippen LogP contribution >= 0.6 is 0 Å². The fraction of sp³-hybridized carbons (Fsp3) is 0.478. The Hall–Kier alpha value is -2.60. The van der Waals surface area contributed by atoms with Crippen molar-refractivity contribution in [3.05, 3.63) is 63.0 Å². The third-order valence-corrected chi connectivity index (χ3v) is 2.22. The largest absolute Gasteiger partial charge is 0.505 e. The number of carbonyl (C=O) groups is 2. The summed E-state index contributed by atoms with van der Waals surface area (Å²) >= 11 is 0. The molecule has 0 heterocycles. The summed E-state index contributed by atoms with van der Waals surface area (Å²) in [6.07, 6.45) is 8.92. The Balaban J connectivity index is -0.0000000811. The van der Waals surface area contributed by atoms with Crippen LogP contribution < -0.4 is 0 Å². The van der Waals surface area contributed by atoms with E-state index in [0.29, 0.717) is 12.2 Å². The predicted molar refractivity (Wildman–Crippen MR) is 123 cm³/mol. The Labute approximate surface area is 178 Å². The molecule has 1 aliphatic rings. The topological polar surface area (TPSA) is 71.1 Å². The van der Waals surface area contributed by atoms with E-state index in [0.717, 1.165) is 12.0 Å². The number of allylic oxidation sites excluding steroid dienone is 1. The van der Waals surface area contributed by atoms with Gasteiger partial charge in [-0.05, 0) is 19.8 Å². The van der Waals surface area contributed by atoms with Crippen molar-refractivity contribution in [2.75, 3.05) is 35.0 Å². The third-order valence-electron chi connectivity index (χ3n) is 2.22. The molecule has 0 saturated heterocycles. The van der Waals surface area contributed by atoms with E-state index in [2.05, 4.69) is 58.8 Å². The average molecular weight is 415 g/mol. The number of carbonyl (C=O) groups excluding carboxylic acids is 2. The zero-order valence-electron chi connectivity index (χ0n) is 19.5. The Morgan fingerprint density at radius 2 is 1.38 bits per heavy atom. The molecule has 0 amide bonds. The Morgan fingerprint density at radius 3 is 1.38 bits per heavy atom. The Morgan fingerprint density at radius 1 is 1.00 bits per heavy atom. The van der Waals surface area contributed by atoms with E-state index < -0.39 is 5.97 Å². The lowest BCUT2D eigenvalue weighted by Crippen LogP contribution is -1.98. The van der Waals surface area contributed by atoms with E-state index in [9.17, 15) is 9.59 Å². The maximum atomic E-state index is 10.2. The van der Waals surface area contributed by atoms with Crippen molar-refractivity contribution >= 4 is 11.9 Å². The van der Waals surface area contributed by atoms with Crippen LogP contribution in [0.5, 0.6) is 0 Å². The first-order valence-corrected chi connectivity index (χ1v) is 8.88. The molecule has 6 heteroatoms. The molecule has 0 aromatic heterocycles. The van der Waals surface area contributed by atoms with Crippen LogP contribution in [0.15, 0.2) is 63.0 Å². The summed E-state index contributed by atoms with van der Waals surface area (Å²) in [5, 5.41) is 0. The zero-order valence-corrected chi connectivity index (χ0v) is 19.5. The van der Waals surface area contributed by atoms with E-state index in [1.54, 1.807) is 33.3 Å². The van der Waals surface area contributed by atoms with E-state index in [4.69, 9.17) is 0 Å². The van der Waals surface area contributed by atoms with Gasteiger partial charge in [-0.25, -0.2) is 9.59 Å². The first kappa shape index (κ1) is 37.2. The highest BCUT2D eigenvalue weighted by molar-refractivity contribution is 5.86. The fourth-order valence-corrected chi connectivity index (χ4v) is 0.542. The van der Waals surface area contributed by atoms with Crippen molar-refractivity contribution in [3.63, 3.8) is 0 Å². The molecule has 0 unspecified atom stereocenters. The Kier molecular flexibility index (Phi) is 46.6. The summed E-state index contributed by atoms with van der Waals surface area (Å²) in [4.78, 5) is 20.0. The molecule has 0 bridgehead atoms. The van der Waals surface area contributed by atoms with Crippen LogP contribution in [0.1, 0.15) is 33.6 Å². The summed E-state index contributed by atoms with van der Waals surface area (Å²) in [5.74, 6) is 0.343. The highest BCUT2D eigenvalue weighted by Crippen LogP contribution is 2.26. The van der Waals surface area contributed by atoms with Gasteiger partial charge in [0.1, 0.15) is 0 Å². The number of ether oxygens (including phenoxy) is 4. The molecule has 0 N–H and O–H groups in total. The summed E-state index contributed by atoms with van der Waals surface area (Å²) in [6, 6.07) is 0. The van der Waals surface area contributed by atoms with Gasteiger partial charge in [-0.15, -0.1) is 13.2 Å². The number of methoxy groups -OCH3 is 4. The maximum absolute atomic E-state index is 10.2. The molecule has 0 spiro atoms. The highest BCUT2D eigenvalue weighted by Gasteiger charge is 2.12. The van der Waals surface area contributed by atoms with Crippen LogP contribution in [0.3, 0.4) is 0 Å². The number of rotatable bonds is 5. The van der Waals surface area contributed by atoms with Crippen molar-refractivity contribution in [2.45, 2.75) is 33.6 Å². The monoisotopic (exact) mass is 414 g/mol. The molecule has 29 heavy (non-hydrogen) atoms. The van der Waals surface area contributed by atoms with Gasteiger partial charge in [0.05, 0.1) is 34.2 Å². The molecule has 1 saturated carbocycles. The van der Waals surface area contributed by atoms with Crippen molar-refractivity contribution in [1.29, 1.82) is 0 Å². The SMILES string of the molecule is C=C(C)C(=O)OC.C=CC.C=CC(=O)OC.C=CCOC.C=COC.CC1CC1. The van der Waals surface area contributed by atoms with Crippen molar-refractivity contribution < 1.29 is 28.5 Å². The molecule has 0 aromatic carbocycles. The minimum absolute atomic E-state index is 0.347. The minimum atomic E-state index is -0.394. The first-order valence-electron chi connectivity index (χ1n) is 8.88. The van der Waals surface area contributed by atoms with Gasteiger partial charge in [0, 0.05) is 18.8 Å². The van der Waals surface area contributed by atoms with Crippen LogP contribution in [0.2, 0.25) is 0 Å². The molecule has 6 nitrogen and oxygen atoms in total. The van der Waals surface area contributed by atoms with Crippen LogP contribution in [0.4, 0.5) is 0 Å². The first-order chi connectivity index (χ1) is 13.6. The van der Waals surface area contributed by atoms with E-state index in [1.807, 2.05) is 6.92 Å². The van der Waals surface area contributed by atoms with Crippen LogP contribution in [0, 0.1) is 5.92 Å². The van der Waals surface area contributed by atoms with E-state index >= 15 is 0 Å². The number of esters is 2. The average Bonchev–Trinajstić information content (AvgIpc) is 3.51. The molecule has 0 aliphatic heterocycles. The van der Waals surface area contributed by atoms with E-state index in [1.165, 1.54) is 33.3 Å². The van der Waals surface area contributed by atoms with Crippen molar-refractivity contribution in [2.24, 2.45) is 5.92 Å². The van der Waals surface area contributed by atoms with Gasteiger partial charge < -0.3 is 18.9 Å². The molecule has 0 aromatic rings.